The van der Waals surface area contributed by atoms with Gasteiger partial charge < -0.3 is 23.7 Å². The quantitative estimate of drug-likeness (QED) is 0.213. The van der Waals surface area contributed by atoms with Gasteiger partial charge in [-0.1, -0.05) is 11.8 Å². The number of benzene rings is 1. The van der Waals surface area contributed by atoms with Gasteiger partial charge in [0.2, 0.25) is 0 Å². The van der Waals surface area contributed by atoms with Crippen molar-refractivity contribution in [3.05, 3.63) is 40.2 Å². The average Bonchev–Trinajstić information content (AvgIpc) is 3.46. The summed E-state index contributed by atoms with van der Waals surface area (Å²) < 4.78 is 42.4. The summed E-state index contributed by atoms with van der Waals surface area (Å²) in [4.78, 5) is 34.2. The van der Waals surface area contributed by atoms with Crippen molar-refractivity contribution >= 4 is 28.5 Å². The predicted octanol–water partition coefficient (Wildman–Crippen LogP) is 4.89. The molecule has 0 saturated carbocycles. The van der Waals surface area contributed by atoms with Crippen LogP contribution in [0.4, 0.5) is 14.3 Å². The molecule has 1 amide bonds. The topological polar surface area (TPSA) is 99.7 Å². The van der Waals surface area contributed by atoms with Crippen molar-refractivity contribution in [1.82, 2.24) is 9.88 Å². The second-order valence-electron chi connectivity index (χ2n) is 11.4. The summed E-state index contributed by atoms with van der Waals surface area (Å²) in [6.07, 6.45) is -0.206. The Bertz CT molecular complexity index is 1310. The van der Waals surface area contributed by atoms with Gasteiger partial charge in [-0.05, 0) is 79.8 Å². The lowest BCUT2D eigenvalue weighted by molar-refractivity contribution is -0.137. The van der Waals surface area contributed by atoms with Crippen molar-refractivity contribution in [2.24, 2.45) is 0 Å². The van der Waals surface area contributed by atoms with Gasteiger partial charge in [0.25, 0.3) is 0 Å². The van der Waals surface area contributed by atoms with Crippen molar-refractivity contribution in [3.8, 4) is 17.6 Å². The van der Waals surface area contributed by atoms with Crippen molar-refractivity contribution in [3.63, 3.8) is 0 Å². The largest absolute Gasteiger partial charge is 0.491 e. The van der Waals surface area contributed by atoms with E-state index in [0.717, 1.165) is 0 Å². The molecule has 0 spiro atoms. The number of carbonyl (C=O) groups excluding carboxylic acids is 2. The predicted molar refractivity (Wildman–Crippen MR) is 158 cm³/mol. The van der Waals surface area contributed by atoms with Gasteiger partial charge in [0.05, 0.1) is 33.4 Å². The highest BCUT2D eigenvalue weighted by Gasteiger charge is 2.37. The number of ether oxygens (including phenoxy) is 5. The Balaban J connectivity index is 1.73. The van der Waals surface area contributed by atoms with E-state index in [0.29, 0.717) is 29.8 Å². The fraction of sp³-hybridized carbons (Fsp3) is 0.567. The molecular weight excluding hydrogens is 565 g/mol. The van der Waals surface area contributed by atoms with E-state index in [-0.39, 0.29) is 36.3 Å². The molecule has 1 saturated heterocycles. The highest BCUT2D eigenvalue weighted by molar-refractivity contribution is 7.16. The van der Waals surface area contributed by atoms with E-state index in [1.807, 2.05) is 19.0 Å². The molecule has 1 fully saturated rings. The molecular formula is C30H40FN3O7S. The van der Waals surface area contributed by atoms with E-state index < -0.39 is 35.4 Å². The van der Waals surface area contributed by atoms with Crippen molar-refractivity contribution in [1.29, 1.82) is 0 Å². The number of aromatic nitrogens is 1. The van der Waals surface area contributed by atoms with Gasteiger partial charge in [-0.3, -0.25) is 9.80 Å². The third-order valence-electron chi connectivity index (χ3n) is 5.73. The second-order valence-corrected chi connectivity index (χ2v) is 12.5. The molecule has 3 rings (SSSR count). The number of anilines is 1. The highest BCUT2D eigenvalue weighted by atomic mass is 32.1. The summed E-state index contributed by atoms with van der Waals surface area (Å²) in [5.74, 6) is 4.09. The third-order valence-corrected chi connectivity index (χ3v) is 6.87. The van der Waals surface area contributed by atoms with E-state index in [2.05, 4.69) is 16.8 Å². The van der Waals surface area contributed by atoms with Crippen LogP contribution in [-0.2, 0) is 25.4 Å². The molecule has 0 aliphatic carbocycles. The number of hydrogen-bond donors (Lipinski definition) is 0. The molecule has 12 heteroatoms. The summed E-state index contributed by atoms with van der Waals surface area (Å²) in [6.45, 7) is 10.1. The maximum Gasteiger partial charge on any atom is 0.416 e. The molecule has 1 atom stereocenters. The number of aryl methyl sites for hydroxylation is 1. The van der Waals surface area contributed by atoms with Gasteiger partial charge in [0, 0.05) is 10.4 Å². The normalized spacial score (nSPS) is 16.1. The molecule has 230 valence electrons. The lowest BCUT2D eigenvalue weighted by Gasteiger charge is -2.27. The van der Waals surface area contributed by atoms with Crippen LogP contribution in [0.2, 0.25) is 0 Å². The first kappa shape index (κ1) is 33.3. The lowest BCUT2D eigenvalue weighted by Crippen LogP contribution is -2.42. The Labute approximate surface area is 251 Å². The van der Waals surface area contributed by atoms with Crippen LogP contribution in [0.25, 0.3) is 0 Å². The maximum absolute atomic E-state index is 14.6. The molecule has 1 unspecified atom stereocenters. The molecule has 1 aromatic carbocycles. The number of halogens is 1. The summed E-state index contributed by atoms with van der Waals surface area (Å²) in [7, 11) is 5.08. The summed E-state index contributed by atoms with van der Waals surface area (Å²) in [5.41, 5.74) is -0.0904. The number of methoxy groups -OCH3 is 1. The van der Waals surface area contributed by atoms with Crippen molar-refractivity contribution in [2.45, 2.75) is 65.0 Å². The van der Waals surface area contributed by atoms with Gasteiger partial charge in [0.15, 0.2) is 28.2 Å². The molecule has 1 aliphatic heterocycles. The van der Waals surface area contributed by atoms with Crippen LogP contribution in [0.3, 0.4) is 0 Å². The van der Waals surface area contributed by atoms with E-state index in [9.17, 15) is 14.0 Å². The van der Waals surface area contributed by atoms with Gasteiger partial charge in [-0.15, -0.1) is 11.3 Å². The van der Waals surface area contributed by atoms with Crippen molar-refractivity contribution < 1.29 is 37.7 Å². The Morgan fingerprint density at radius 3 is 2.60 bits per heavy atom. The zero-order chi connectivity index (χ0) is 31.1. The number of carbonyl (C=O) groups is 2. The zero-order valence-electron chi connectivity index (χ0n) is 25.5. The van der Waals surface area contributed by atoms with Gasteiger partial charge in [-0.2, -0.15) is 0 Å². The standard InChI is InChI=1S/C30H40FN3O7S/c1-29(2,3)41-28(36)34(18-21-19-39-30(4,5)40-21)27-32-25(26(35)37-8)24(42-27)12-10-16-38-23-14-13-20(17-22(23)31)11-9-15-33(6)7/h13-14,17,21H,10,12,15-16,18-19H2,1-8H3. The summed E-state index contributed by atoms with van der Waals surface area (Å²) >= 11 is 1.18. The van der Waals surface area contributed by atoms with Crippen LogP contribution in [0.1, 0.15) is 62.0 Å². The van der Waals surface area contributed by atoms with Crippen LogP contribution in [-0.4, -0.2) is 86.9 Å². The highest BCUT2D eigenvalue weighted by Crippen LogP contribution is 2.32. The zero-order valence-corrected chi connectivity index (χ0v) is 26.4. The van der Waals surface area contributed by atoms with Crippen LogP contribution in [0.5, 0.6) is 5.75 Å². The molecule has 0 bridgehead atoms. The SMILES string of the molecule is COC(=O)c1nc(N(CC2COC(C)(C)O2)C(=O)OC(C)(C)C)sc1CCCOc1ccc(C#CCN(C)C)cc1F. The number of rotatable bonds is 10. The average molecular weight is 606 g/mol. The molecule has 1 aromatic heterocycles. The van der Waals surface area contributed by atoms with E-state index in [4.69, 9.17) is 23.7 Å². The van der Waals surface area contributed by atoms with Gasteiger partial charge in [-0.25, -0.2) is 19.0 Å². The minimum atomic E-state index is -0.783. The molecule has 10 nitrogen and oxygen atoms in total. The fourth-order valence-corrected chi connectivity index (χ4v) is 4.98. The monoisotopic (exact) mass is 605 g/mol. The molecule has 0 N–H and O–H groups in total. The first-order valence-electron chi connectivity index (χ1n) is 13.6. The molecule has 1 aliphatic rings. The Hall–Kier alpha value is -3.24. The minimum Gasteiger partial charge on any atom is -0.491 e. The smallest absolute Gasteiger partial charge is 0.416 e. The molecule has 0 radical (unpaired) electrons. The maximum atomic E-state index is 14.6. The third kappa shape index (κ3) is 9.94. The number of esters is 1. The first-order chi connectivity index (χ1) is 19.7. The van der Waals surface area contributed by atoms with E-state index in [1.165, 1.54) is 29.4 Å². The lowest BCUT2D eigenvalue weighted by atomic mass is 10.2. The second kappa shape index (κ2) is 14.3. The summed E-state index contributed by atoms with van der Waals surface area (Å²) in [5, 5.41) is 0.269. The Kier molecular flexibility index (Phi) is 11.3. The van der Waals surface area contributed by atoms with Crippen LogP contribution >= 0.6 is 11.3 Å². The fourth-order valence-electron chi connectivity index (χ4n) is 3.89. The van der Waals surface area contributed by atoms with E-state index >= 15 is 0 Å². The molecule has 2 heterocycles. The number of amides is 1. The van der Waals surface area contributed by atoms with Gasteiger partial charge >= 0.3 is 12.1 Å². The molecule has 42 heavy (non-hydrogen) atoms. The number of hydrogen-bond acceptors (Lipinski definition) is 10. The molecule has 2 aromatic rings. The Morgan fingerprint density at radius 1 is 1.26 bits per heavy atom. The minimum absolute atomic E-state index is 0.0989. The van der Waals surface area contributed by atoms with E-state index in [1.54, 1.807) is 46.8 Å². The number of nitrogens with zero attached hydrogens (tertiary/aromatic N) is 3. The van der Waals surface area contributed by atoms with Gasteiger partial charge in [0.1, 0.15) is 11.7 Å². The van der Waals surface area contributed by atoms with Crippen LogP contribution in [0, 0.1) is 17.7 Å². The Morgan fingerprint density at radius 2 is 2.00 bits per heavy atom. The van der Waals surface area contributed by atoms with Crippen molar-refractivity contribution in [2.75, 3.05) is 52.4 Å². The van der Waals surface area contributed by atoms with Crippen LogP contribution < -0.4 is 9.64 Å². The first-order valence-corrected chi connectivity index (χ1v) is 14.5. The summed E-state index contributed by atoms with van der Waals surface area (Å²) in [6, 6.07) is 4.60. The van der Waals surface area contributed by atoms with Crippen LogP contribution in [0.15, 0.2) is 18.2 Å². The number of thiazole rings is 1.